The molecule has 0 amide bonds. The summed E-state index contributed by atoms with van der Waals surface area (Å²) in [4.78, 5) is 10.7. The van der Waals surface area contributed by atoms with Gasteiger partial charge in [-0.2, -0.15) is 0 Å². The third kappa shape index (κ3) is 4.42. The van der Waals surface area contributed by atoms with E-state index in [0.29, 0.717) is 13.1 Å². The van der Waals surface area contributed by atoms with Crippen LogP contribution in [-0.2, 0) is 13.1 Å². The van der Waals surface area contributed by atoms with Crippen LogP contribution in [-0.4, -0.2) is 29.9 Å². The van der Waals surface area contributed by atoms with Crippen molar-refractivity contribution in [2.45, 2.75) is 20.0 Å². The maximum Gasteiger partial charge on any atom is 0.194 e. The van der Waals surface area contributed by atoms with Crippen LogP contribution in [0.1, 0.15) is 16.3 Å². The number of nitrogens with zero attached hydrogens (tertiary/aromatic N) is 3. The van der Waals surface area contributed by atoms with Crippen LogP contribution >= 0.6 is 22.9 Å². The first kappa shape index (κ1) is 16.7. The van der Waals surface area contributed by atoms with Crippen molar-refractivity contribution in [1.29, 1.82) is 0 Å². The van der Waals surface area contributed by atoms with Gasteiger partial charge in [-0.05, 0) is 24.6 Å². The standard InChI is InChI=1S/C15H18ClFN4S/c1-10-20-12(9-22-10)8-21(3)15(18-2)19-7-11-4-5-14(17)13(16)6-11/h4-6,9H,7-8H2,1-3H3,(H,18,19). The maximum atomic E-state index is 13.1. The van der Waals surface area contributed by atoms with Gasteiger partial charge in [-0.3, -0.25) is 4.99 Å². The molecular formula is C15H18ClFN4S. The second-order valence-corrected chi connectivity index (χ2v) is 6.33. The summed E-state index contributed by atoms with van der Waals surface area (Å²) in [5, 5.41) is 6.44. The average molecular weight is 341 g/mol. The third-order valence-electron chi connectivity index (χ3n) is 3.07. The molecule has 4 nitrogen and oxygen atoms in total. The molecule has 1 heterocycles. The Labute approximate surface area is 138 Å². The summed E-state index contributed by atoms with van der Waals surface area (Å²) in [7, 11) is 3.67. The first-order chi connectivity index (χ1) is 10.5. The van der Waals surface area contributed by atoms with Crippen molar-refractivity contribution in [2.24, 2.45) is 4.99 Å². The van der Waals surface area contributed by atoms with E-state index in [2.05, 4.69) is 15.3 Å². The van der Waals surface area contributed by atoms with E-state index in [9.17, 15) is 4.39 Å². The fraction of sp³-hybridized carbons (Fsp3) is 0.333. The number of halogens is 2. The summed E-state index contributed by atoms with van der Waals surface area (Å²) in [6.07, 6.45) is 0. The molecule has 2 aromatic rings. The zero-order valence-electron chi connectivity index (χ0n) is 12.7. The highest BCUT2D eigenvalue weighted by molar-refractivity contribution is 7.09. The number of benzene rings is 1. The molecule has 2 rings (SSSR count). The van der Waals surface area contributed by atoms with Crippen LogP contribution in [0, 0.1) is 12.7 Å². The number of aryl methyl sites for hydroxylation is 1. The SMILES string of the molecule is CN=C(NCc1ccc(F)c(Cl)c1)N(C)Cc1csc(C)n1. The van der Waals surface area contributed by atoms with E-state index in [1.165, 1.54) is 6.07 Å². The van der Waals surface area contributed by atoms with Gasteiger partial charge in [0, 0.05) is 26.0 Å². The third-order valence-corrected chi connectivity index (χ3v) is 4.19. The Hall–Kier alpha value is -1.66. The topological polar surface area (TPSA) is 40.5 Å². The molecule has 0 aliphatic heterocycles. The molecule has 7 heteroatoms. The van der Waals surface area contributed by atoms with Gasteiger partial charge in [-0.15, -0.1) is 11.3 Å². The van der Waals surface area contributed by atoms with Crippen LogP contribution < -0.4 is 5.32 Å². The zero-order chi connectivity index (χ0) is 16.1. The van der Waals surface area contributed by atoms with E-state index in [1.54, 1.807) is 30.5 Å². The van der Waals surface area contributed by atoms with E-state index in [-0.39, 0.29) is 5.02 Å². The number of hydrogen-bond donors (Lipinski definition) is 1. The van der Waals surface area contributed by atoms with Crippen LogP contribution in [0.5, 0.6) is 0 Å². The molecule has 118 valence electrons. The van der Waals surface area contributed by atoms with Crippen molar-refractivity contribution >= 4 is 28.9 Å². The van der Waals surface area contributed by atoms with Crippen molar-refractivity contribution in [2.75, 3.05) is 14.1 Å². The van der Waals surface area contributed by atoms with E-state index in [1.807, 2.05) is 24.3 Å². The van der Waals surface area contributed by atoms with Crippen LogP contribution in [0.4, 0.5) is 4.39 Å². The number of thiazole rings is 1. The Morgan fingerprint density at radius 3 is 2.86 bits per heavy atom. The van der Waals surface area contributed by atoms with E-state index in [4.69, 9.17) is 11.6 Å². The number of aliphatic imine (C=N–C) groups is 1. The van der Waals surface area contributed by atoms with Crippen molar-refractivity contribution in [3.8, 4) is 0 Å². The van der Waals surface area contributed by atoms with Gasteiger partial charge in [0.15, 0.2) is 5.96 Å². The maximum absolute atomic E-state index is 13.1. The van der Waals surface area contributed by atoms with E-state index >= 15 is 0 Å². The van der Waals surface area contributed by atoms with Crippen LogP contribution in [0.2, 0.25) is 5.02 Å². The lowest BCUT2D eigenvalue weighted by molar-refractivity contribution is 0.470. The Balaban J connectivity index is 1.95. The van der Waals surface area contributed by atoms with Crippen molar-refractivity contribution in [3.63, 3.8) is 0 Å². The summed E-state index contributed by atoms with van der Waals surface area (Å²) in [6, 6.07) is 4.68. The summed E-state index contributed by atoms with van der Waals surface area (Å²) in [5.74, 6) is 0.330. The molecule has 0 saturated heterocycles. The highest BCUT2D eigenvalue weighted by Gasteiger charge is 2.09. The molecule has 0 bridgehead atoms. The minimum absolute atomic E-state index is 0.126. The van der Waals surface area contributed by atoms with E-state index in [0.717, 1.165) is 22.2 Å². The fourth-order valence-corrected chi connectivity index (χ4v) is 2.82. The highest BCUT2D eigenvalue weighted by atomic mass is 35.5. The Morgan fingerprint density at radius 1 is 1.50 bits per heavy atom. The monoisotopic (exact) mass is 340 g/mol. The lowest BCUT2D eigenvalue weighted by Gasteiger charge is -2.21. The quantitative estimate of drug-likeness (QED) is 0.684. The number of hydrogen-bond acceptors (Lipinski definition) is 3. The molecular weight excluding hydrogens is 323 g/mol. The molecule has 0 aliphatic carbocycles. The number of aromatic nitrogens is 1. The van der Waals surface area contributed by atoms with Crippen molar-refractivity contribution in [1.82, 2.24) is 15.2 Å². The van der Waals surface area contributed by atoms with E-state index < -0.39 is 5.82 Å². The minimum atomic E-state index is -0.411. The molecule has 0 aliphatic rings. The molecule has 0 saturated carbocycles. The molecule has 1 N–H and O–H groups in total. The molecule has 1 aromatic heterocycles. The normalized spacial score (nSPS) is 11.6. The lowest BCUT2D eigenvalue weighted by atomic mass is 10.2. The first-order valence-corrected chi connectivity index (χ1v) is 8.02. The second-order valence-electron chi connectivity index (χ2n) is 4.86. The van der Waals surface area contributed by atoms with Crippen LogP contribution in [0.15, 0.2) is 28.6 Å². The summed E-state index contributed by atoms with van der Waals surface area (Å²) >= 11 is 7.42. The largest absolute Gasteiger partial charge is 0.352 e. The molecule has 0 spiro atoms. The van der Waals surface area contributed by atoms with Crippen LogP contribution in [0.25, 0.3) is 0 Å². The van der Waals surface area contributed by atoms with Gasteiger partial charge in [-0.25, -0.2) is 9.37 Å². The van der Waals surface area contributed by atoms with Gasteiger partial charge in [0.1, 0.15) is 5.82 Å². The minimum Gasteiger partial charge on any atom is -0.352 e. The average Bonchev–Trinajstić information content (AvgIpc) is 2.88. The van der Waals surface area contributed by atoms with Crippen molar-refractivity contribution < 1.29 is 4.39 Å². The summed E-state index contributed by atoms with van der Waals surface area (Å²) in [5.41, 5.74) is 1.91. The van der Waals surface area contributed by atoms with Crippen LogP contribution in [0.3, 0.4) is 0 Å². The van der Waals surface area contributed by atoms with Gasteiger partial charge in [0.05, 0.1) is 22.3 Å². The fourth-order valence-electron chi connectivity index (χ4n) is 2.01. The van der Waals surface area contributed by atoms with Gasteiger partial charge in [-0.1, -0.05) is 17.7 Å². The Bertz CT molecular complexity index is 671. The van der Waals surface area contributed by atoms with Crippen molar-refractivity contribution in [3.05, 3.63) is 50.7 Å². The molecule has 0 radical (unpaired) electrons. The smallest absolute Gasteiger partial charge is 0.194 e. The molecule has 0 unspecified atom stereocenters. The number of nitrogens with one attached hydrogen (secondary N) is 1. The summed E-state index contributed by atoms with van der Waals surface area (Å²) in [6.45, 7) is 3.18. The van der Waals surface area contributed by atoms with Gasteiger partial charge >= 0.3 is 0 Å². The second kappa shape index (κ2) is 7.56. The predicted molar refractivity (Wildman–Crippen MR) is 89.9 cm³/mol. The van der Waals surface area contributed by atoms with Gasteiger partial charge in [0.2, 0.25) is 0 Å². The Morgan fingerprint density at radius 2 is 2.27 bits per heavy atom. The Kier molecular flexibility index (Phi) is 5.74. The molecule has 22 heavy (non-hydrogen) atoms. The zero-order valence-corrected chi connectivity index (χ0v) is 14.3. The molecule has 0 atom stereocenters. The number of guanidine groups is 1. The highest BCUT2D eigenvalue weighted by Crippen LogP contribution is 2.16. The molecule has 1 aromatic carbocycles. The summed E-state index contributed by atoms with van der Waals surface area (Å²) < 4.78 is 13.1. The number of rotatable bonds is 4. The van der Waals surface area contributed by atoms with Gasteiger partial charge < -0.3 is 10.2 Å². The van der Waals surface area contributed by atoms with Gasteiger partial charge in [0.25, 0.3) is 0 Å². The molecule has 0 fully saturated rings. The lowest BCUT2D eigenvalue weighted by Crippen LogP contribution is -2.38. The predicted octanol–water partition coefficient (Wildman–Crippen LogP) is 3.45. The first-order valence-electron chi connectivity index (χ1n) is 6.76.